The summed E-state index contributed by atoms with van der Waals surface area (Å²) >= 11 is 0. The van der Waals surface area contributed by atoms with Gasteiger partial charge in [0, 0.05) is 31.1 Å². The number of furan rings is 1. The van der Waals surface area contributed by atoms with Crippen molar-refractivity contribution in [2.75, 3.05) is 19.6 Å². The monoisotopic (exact) mass is 296 g/mol. The quantitative estimate of drug-likeness (QED) is 0.926. The summed E-state index contributed by atoms with van der Waals surface area (Å²) < 4.78 is 5.70. The Morgan fingerprint density at radius 2 is 1.91 bits per heavy atom. The average Bonchev–Trinajstić information content (AvgIpc) is 2.94. The number of rotatable bonds is 2. The summed E-state index contributed by atoms with van der Waals surface area (Å²) in [5.41, 5.74) is 0.781. The van der Waals surface area contributed by atoms with Crippen LogP contribution < -0.4 is 5.32 Å². The summed E-state index contributed by atoms with van der Waals surface area (Å²) in [5, 5.41) is 4.27. The van der Waals surface area contributed by atoms with Crippen molar-refractivity contribution in [2.45, 2.75) is 18.9 Å². The predicted molar refractivity (Wildman–Crippen MR) is 83.6 cm³/mol. The van der Waals surface area contributed by atoms with Crippen LogP contribution in [0.25, 0.3) is 11.0 Å². The van der Waals surface area contributed by atoms with Crippen molar-refractivity contribution < 1.29 is 9.21 Å². The average molecular weight is 296 g/mol. The topological polar surface area (TPSA) is 45.5 Å². The van der Waals surface area contributed by atoms with E-state index in [1.807, 2.05) is 30.3 Å². The van der Waals surface area contributed by atoms with Gasteiger partial charge in [0.15, 0.2) is 5.76 Å². The highest BCUT2D eigenvalue weighted by atomic mass is 16.3. The minimum atomic E-state index is -0.0522. The van der Waals surface area contributed by atoms with Gasteiger partial charge in [-0.25, -0.2) is 0 Å². The Morgan fingerprint density at radius 1 is 1.14 bits per heavy atom. The van der Waals surface area contributed by atoms with Crippen LogP contribution in [0.3, 0.4) is 0 Å². The fraction of sp³-hybridized carbons (Fsp3) is 0.500. The van der Waals surface area contributed by atoms with Gasteiger partial charge < -0.3 is 14.6 Å². The van der Waals surface area contributed by atoms with Gasteiger partial charge in [-0.05, 0) is 42.7 Å². The minimum absolute atomic E-state index is 0.0522. The lowest BCUT2D eigenvalue weighted by Gasteiger charge is -2.55. The Bertz CT molecular complexity index is 675. The standard InChI is InChI=1S/C18H20N2O2/c21-18(16-7-12-3-1-2-4-15(12)22-16)19-17-13-5-11-6-14(17)10-20(8-11)9-13/h1-4,7,11,13-14,17H,5-6,8-10H2,(H,19,21)/t11?,13-,14+,17?. The lowest BCUT2D eigenvalue weighted by atomic mass is 9.65. The van der Waals surface area contributed by atoms with Gasteiger partial charge in [-0.3, -0.25) is 4.79 Å². The molecule has 1 N–H and O–H groups in total. The lowest BCUT2D eigenvalue weighted by molar-refractivity contribution is -0.0420. The van der Waals surface area contributed by atoms with Crippen molar-refractivity contribution in [1.29, 1.82) is 0 Å². The highest BCUT2D eigenvalue weighted by Gasteiger charge is 2.48. The van der Waals surface area contributed by atoms with Crippen LogP contribution >= 0.6 is 0 Å². The molecule has 4 heteroatoms. The maximum Gasteiger partial charge on any atom is 0.287 e. The Hall–Kier alpha value is -1.81. The molecule has 5 atom stereocenters. The number of fused-ring (bicyclic) bond motifs is 1. The molecule has 1 aromatic carbocycles. The first-order valence-electron chi connectivity index (χ1n) is 8.28. The molecule has 0 spiro atoms. The van der Waals surface area contributed by atoms with Crippen molar-refractivity contribution in [2.24, 2.45) is 17.8 Å². The molecule has 4 fully saturated rings. The van der Waals surface area contributed by atoms with E-state index in [1.54, 1.807) is 0 Å². The molecule has 2 aromatic rings. The van der Waals surface area contributed by atoms with Gasteiger partial charge in [0.25, 0.3) is 5.91 Å². The SMILES string of the molecule is O=C(NC1[C@@H]2CC3C[C@H]1CN(C3)C2)c1cc2ccccc2o1. The van der Waals surface area contributed by atoms with Gasteiger partial charge in [0.2, 0.25) is 0 Å². The molecular formula is C18H20N2O2. The Kier molecular flexibility index (Phi) is 2.65. The van der Waals surface area contributed by atoms with Crippen LogP contribution in [-0.4, -0.2) is 36.5 Å². The van der Waals surface area contributed by atoms with Crippen LogP contribution in [0.5, 0.6) is 0 Å². The highest BCUT2D eigenvalue weighted by Crippen LogP contribution is 2.43. The van der Waals surface area contributed by atoms with Gasteiger partial charge >= 0.3 is 0 Å². The second-order valence-electron chi connectivity index (χ2n) is 7.22. The lowest BCUT2D eigenvalue weighted by Crippen LogP contribution is -2.64. The first kappa shape index (κ1) is 12.7. The van der Waals surface area contributed by atoms with Gasteiger partial charge in [-0.2, -0.15) is 0 Å². The van der Waals surface area contributed by atoms with Crippen LogP contribution in [0.1, 0.15) is 23.4 Å². The largest absolute Gasteiger partial charge is 0.451 e. The summed E-state index contributed by atoms with van der Waals surface area (Å²) in [5.74, 6) is 2.50. The number of nitrogens with zero attached hydrogens (tertiary/aromatic N) is 1. The van der Waals surface area contributed by atoms with E-state index < -0.39 is 0 Å². The molecular weight excluding hydrogens is 276 g/mol. The summed E-state index contributed by atoms with van der Waals surface area (Å²) in [6.45, 7) is 3.58. The molecule has 114 valence electrons. The van der Waals surface area contributed by atoms with E-state index in [-0.39, 0.29) is 5.91 Å². The van der Waals surface area contributed by atoms with E-state index in [0.29, 0.717) is 23.6 Å². The predicted octanol–water partition coefficient (Wildman–Crippen LogP) is 2.50. The Labute approximate surface area is 129 Å². The maximum atomic E-state index is 12.6. The molecule has 6 rings (SSSR count). The van der Waals surface area contributed by atoms with Crippen LogP contribution in [-0.2, 0) is 0 Å². The number of nitrogens with one attached hydrogen (secondary N) is 1. The van der Waals surface area contributed by atoms with Crippen molar-refractivity contribution in [3.05, 3.63) is 36.1 Å². The molecule has 3 unspecified atom stereocenters. The zero-order chi connectivity index (χ0) is 14.7. The third-order valence-corrected chi connectivity index (χ3v) is 5.74. The van der Waals surface area contributed by atoms with Gasteiger partial charge in [0.05, 0.1) is 0 Å². The summed E-state index contributed by atoms with van der Waals surface area (Å²) in [6, 6.07) is 9.96. The molecule has 3 aliphatic heterocycles. The smallest absolute Gasteiger partial charge is 0.287 e. The molecule has 1 aromatic heterocycles. The molecule has 4 nitrogen and oxygen atoms in total. The van der Waals surface area contributed by atoms with Crippen LogP contribution in [0.2, 0.25) is 0 Å². The van der Waals surface area contributed by atoms with Crippen LogP contribution in [0.4, 0.5) is 0 Å². The fourth-order valence-electron chi connectivity index (χ4n) is 4.96. The molecule has 4 aliphatic rings. The van der Waals surface area contributed by atoms with E-state index in [0.717, 1.165) is 30.0 Å². The number of piperidine rings is 3. The van der Waals surface area contributed by atoms with Gasteiger partial charge in [-0.1, -0.05) is 18.2 Å². The number of benzene rings is 1. The summed E-state index contributed by atoms with van der Waals surface area (Å²) in [6.07, 6.45) is 2.55. The Balaban J connectivity index is 1.38. The van der Waals surface area contributed by atoms with E-state index >= 15 is 0 Å². The first-order chi connectivity index (χ1) is 10.8. The number of carbonyl (C=O) groups is 1. The van der Waals surface area contributed by atoms with Gasteiger partial charge in [0.1, 0.15) is 5.58 Å². The zero-order valence-corrected chi connectivity index (χ0v) is 12.5. The zero-order valence-electron chi connectivity index (χ0n) is 12.5. The number of carbonyl (C=O) groups excluding carboxylic acids is 1. The normalized spacial score (nSPS) is 35.9. The molecule has 1 amide bonds. The van der Waals surface area contributed by atoms with E-state index in [2.05, 4.69) is 10.2 Å². The van der Waals surface area contributed by atoms with Gasteiger partial charge in [-0.15, -0.1) is 0 Å². The molecule has 1 aliphatic carbocycles. The summed E-state index contributed by atoms with van der Waals surface area (Å²) in [4.78, 5) is 15.2. The molecule has 22 heavy (non-hydrogen) atoms. The maximum absolute atomic E-state index is 12.6. The van der Waals surface area contributed by atoms with Crippen molar-refractivity contribution in [3.63, 3.8) is 0 Å². The number of para-hydroxylation sites is 1. The second kappa shape index (κ2) is 4.59. The minimum Gasteiger partial charge on any atom is -0.451 e. The third-order valence-electron chi connectivity index (χ3n) is 5.74. The molecule has 1 saturated carbocycles. The number of hydrogen-bond acceptors (Lipinski definition) is 3. The highest BCUT2D eigenvalue weighted by molar-refractivity contribution is 5.96. The van der Waals surface area contributed by atoms with Crippen LogP contribution in [0, 0.1) is 17.8 Å². The van der Waals surface area contributed by atoms with Crippen LogP contribution in [0.15, 0.2) is 34.7 Å². The summed E-state index contributed by atoms with van der Waals surface area (Å²) in [7, 11) is 0. The van der Waals surface area contributed by atoms with E-state index in [1.165, 1.54) is 19.4 Å². The van der Waals surface area contributed by atoms with Crippen molar-refractivity contribution in [1.82, 2.24) is 10.2 Å². The molecule has 0 radical (unpaired) electrons. The Morgan fingerprint density at radius 3 is 2.64 bits per heavy atom. The van der Waals surface area contributed by atoms with Crippen molar-refractivity contribution in [3.8, 4) is 0 Å². The number of amides is 1. The molecule has 4 heterocycles. The second-order valence-corrected chi connectivity index (χ2v) is 7.22. The van der Waals surface area contributed by atoms with Crippen molar-refractivity contribution >= 4 is 16.9 Å². The molecule has 4 bridgehead atoms. The third kappa shape index (κ3) is 1.90. The van der Waals surface area contributed by atoms with E-state index in [4.69, 9.17) is 4.42 Å². The van der Waals surface area contributed by atoms with E-state index in [9.17, 15) is 4.79 Å². The number of hydrogen-bond donors (Lipinski definition) is 1. The fourth-order valence-corrected chi connectivity index (χ4v) is 4.96. The molecule has 3 saturated heterocycles. The first-order valence-corrected chi connectivity index (χ1v) is 8.28.